The maximum Gasteiger partial charge on any atom is 0.163 e. The first-order chi connectivity index (χ1) is 10.8. The Labute approximate surface area is 133 Å². The van der Waals surface area contributed by atoms with E-state index in [9.17, 15) is 0 Å². The number of rotatable bonds is 9. The molecule has 0 aliphatic heterocycles. The molecule has 1 aromatic carbocycles. The highest BCUT2D eigenvalue weighted by atomic mass is 15.1. The highest BCUT2D eigenvalue weighted by Crippen LogP contribution is 2.20. The van der Waals surface area contributed by atoms with Gasteiger partial charge in [0.05, 0.1) is 0 Å². The number of hydrogen-bond donors (Lipinski definition) is 2. The number of aromatic nitrogens is 2. The molecule has 0 amide bonds. The van der Waals surface area contributed by atoms with Crippen molar-refractivity contribution in [3.8, 4) is 11.4 Å². The molecule has 0 aliphatic rings. The summed E-state index contributed by atoms with van der Waals surface area (Å²) in [6.07, 6.45) is 4.63. The summed E-state index contributed by atoms with van der Waals surface area (Å²) in [4.78, 5) is 9.28. The van der Waals surface area contributed by atoms with Gasteiger partial charge in [-0.2, -0.15) is 0 Å². The van der Waals surface area contributed by atoms with E-state index in [1.807, 2.05) is 36.4 Å². The third kappa shape index (κ3) is 5.02. The molecule has 4 heteroatoms. The van der Waals surface area contributed by atoms with Gasteiger partial charge in [-0.25, -0.2) is 9.97 Å². The van der Waals surface area contributed by atoms with Crippen LogP contribution in [-0.2, 0) is 0 Å². The van der Waals surface area contributed by atoms with Crippen LogP contribution in [0.2, 0.25) is 0 Å². The summed E-state index contributed by atoms with van der Waals surface area (Å²) in [6, 6.07) is 12.1. The van der Waals surface area contributed by atoms with Crippen molar-refractivity contribution in [2.24, 2.45) is 0 Å². The lowest BCUT2D eigenvalue weighted by Crippen LogP contribution is -2.08. The Kier molecular flexibility index (Phi) is 6.68. The molecule has 118 valence electrons. The Morgan fingerprint density at radius 2 is 1.36 bits per heavy atom. The van der Waals surface area contributed by atoms with Gasteiger partial charge in [0, 0.05) is 24.7 Å². The van der Waals surface area contributed by atoms with Crippen LogP contribution in [0.5, 0.6) is 0 Å². The van der Waals surface area contributed by atoms with E-state index in [1.165, 1.54) is 12.8 Å². The van der Waals surface area contributed by atoms with Crippen molar-refractivity contribution < 1.29 is 0 Å². The second-order valence-corrected chi connectivity index (χ2v) is 5.39. The molecule has 0 spiro atoms. The van der Waals surface area contributed by atoms with E-state index >= 15 is 0 Å². The number of nitrogens with zero attached hydrogens (tertiary/aromatic N) is 2. The first-order valence-electron chi connectivity index (χ1n) is 8.25. The molecule has 0 bridgehead atoms. The Bertz CT molecular complexity index is 526. The summed E-state index contributed by atoms with van der Waals surface area (Å²) in [6.45, 7) is 6.26. The normalized spacial score (nSPS) is 10.5. The van der Waals surface area contributed by atoms with Crippen LogP contribution in [0.4, 0.5) is 11.6 Å². The first-order valence-corrected chi connectivity index (χ1v) is 8.25. The van der Waals surface area contributed by atoms with Crippen LogP contribution in [0.15, 0.2) is 36.4 Å². The second-order valence-electron chi connectivity index (χ2n) is 5.39. The van der Waals surface area contributed by atoms with Crippen LogP contribution in [0.25, 0.3) is 11.4 Å². The smallest absolute Gasteiger partial charge is 0.163 e. The fraction of sp³-hybridized carbons (Fsp3) is 0.444. The van der Waals surface area contributed by atoms with Gasteiger partial charge in [-0.1, -0.05) is 57.0 Å². The molecule has 4 nitrogen and oxygen atoms in total. The quantitative estimate of drug-likeness (QED) is 0.666. The highest BCUT2D eigenvalue weighted by molar-refractivity contribution is 5.61. The fourth-order valence-electron chi connectivity index (χ4n) is 2.13. The summed E-state index contributed by atoms with van der Waals surface area (Å²) in [5.74, 6) is 2.55. The zero-order valence-corrected chi connectivity index (χ0v) is 13.6. The summed E-state index contributed by atoms with van der Waals surface area (Å²) in [5, 5.41) is 6.79. The lowest BCUT2D eigenvalue weighted by atomic mass is 10.2. The van der Waals surface area contributed by atoms with Gasteiger partial charge in [-0.15, -0.1) is 0 Å². The maximum atomic E-state index is 4.64. The molecule has 0 radical (unpaired) electrons. The molecular weight excluding hydrogens is 272 g/mol. The van der Waals surface area contributed by atoms with Crippen molar-refractivity contribution in [2.45, 2.75) is 39.5 Å². The van der Waals surface area contributed by atoms with Gasteiger partial charge < -0.3 is 10.6 Å². The third-order valence-electron chi connectivity index (χ3n) is 3.43. The van der Waals surface area contributed by atoms with Crippen molar-refractivity contribution in [1.29, 1.82) is 0 Å². The Morgan fingerprint density at radius 3 is 1.86 bits per heavy atom. The number of hydrogen-bond acceptors (Lipinski definition) is 4. The molecular formula is C18H26N4. The molecule has 1 aromatic heterocycles. The van der Waals surface area contributed by atoms with Crippen LogP contribution >= 0.6 is 0 Å². The molecule has 0 saturated heterocycles. The molecule has 2 N–H and O–H groups in total. The molecule has 0 aliphatic carbocycles. The van der Waals surface area contributed by atoms with Crippen LogP contribution < -0.4 is 10.6 Å². The molecule has 1 heterocycles. The van der Waals surface area contributed by atoms with Gasteiger partial charge >= 0.3 is 0 Å². The van der Waals surface area contributed by atoms with Crippen molar-refractivity contribution in [2.75, 3.05) is 23.7 Å². The largest absolute Gasteiger partial charge is 0.370 e. The number of nitrogens with one attached hydrogen (secondary N) is 2. The van der Waals surface area contributed by atoms with E-state index < -0.39 is 0 Å². The summed E-state index contributed by atoms with van der Waals surface area (Å²) in [5.41, 5.74) is 1.04. The van der Waals surface area contributed by atoms with Gasteiger partial charge in [0.2, 0.25) is 0 Å². The van der Waals surface area contributed by atoms with E-state index in [4.69, 9.17) is 0 Å². The van der Waals surface area contributed by atoms with Crippen molar-refractivity contribution in [1.82, 2.24) is 9.97 Å². The van der Waals surface area contributed by atoms with Gasteiger partial charge in [0.25, 0.3) is 0 Å². The topological polar surface area (TPSA) is 49.8 Å². The van der Waals surface area contributed by atoms with E-state index in [-0.39, 0.29) is 0 Å². The molecule has 0 fully saturated rings. The number of benzene rings is 1. The molecule has 2 rings (SSSR count). The van der Waals surface area contributed by atoms with Crippen molar-refractivity contribution in [3.63, 3.8) is 0 Å². The predicted molar refractivity (Wildman–Crippen MR) is 94.3 cm³/mol. The average Bonchev–Trinajstić information content (AvgIpc) is 2.56. The molecule has 22 heavy (non-hydrogen) atoms. The lowest BCUT2D eigenvalue weighted by molar-refractivity contribution is 0.826. The van der Waals surface area contributed by atoms with E-state index in [1.54, 1.807) is 0 Å². The van der Waals surface area contributed by atoms with Crippen LogP contribution in [-0.4, -0.2) is 23.1 Å². The minimum atomic E-state index is 0.765. The van der Waals surface area contributed by atoms with Gasteiger partial charge in [0.15, 0.2) is 5.82 Å². The highest BCUT2D eigenvalue weighted by Gasteiger charge is 2.06. The second kappa shape index (κ2) is 9.03. The van der Waals surface area contributed by atoms with Gasteiger partial charge in [0.1, 0.15) is 11.6 Å². The first kappa shape index (κ1) is 16.3. The van der Waals surface area contributed by atoms with E-state index in [2.05, 4.69) is 34.4 Å². The van der Waals surface area contributed by atoms with Crippen LogP contribution in [0.1, 0.15) is 39.5 Å². The standard InChI is InChI=1S/C18H26N4/c1-3-5-12-19-16-14-17(20-13-6-4-2)22-18(21-16)15-10-8-7-9-11-15/h7-11,14H,3-6,12-13H2,1-2H3,(H2,19,20,21,22). The Balaban J connectivity index is 2.19. The predicted octanol–water partition coefficient (Wildman–Crippen LogP) is 4.57. The van der Waals surface area contributed by atoms with Crippen molar-refractivity contribution in [3.05, 3.63) is 36.4 Å². The van der Waals surface area contributed by atoms with Crippen LogP contribution in [0, 0.1) is 0 Å². The number of anilines is 2. The monoisotopic (exact) mass is 298 g/mol. The Morgan fingerprint density at radius 1 is 0.818 bits per heavy atom. The van der Waals surface area contributed by atoms with Gasteiger partial charge in [-0.3, -0.25) is 0 Å². The number of unbranched alkanes of at least 4 members (excludes halogenated alkanes) is 2. The fourth-order valence-corrected chi connectivity index (χ4v) is 2.13. The van der Waals surface area contributed by atoms with Crippen molar-refractivity contribution >= 4 is 11.6 Å². The average molecular weight is 298 g/mol. The zero-order chi connectivity index (χ0) is 15.6. The summed E-state index contributed by atoms with van der Waals surface area (Å²) in [7, 11) is 0. The minimum absolute atomic E-state index is 0.765. The minimum Gasteiger partial charge on any atom is -0.370 e. The molecule has 0 atom stereocenters. The van der Waals surface area contributed by atoms with Gasteiger partial charge in [-0.05, 0) is 12.8 Å². The molecule has 0 saturated carbocycles. The third-order valence-corrected chi connectivity index (χ3v) is 3.43. The van der Waals surface area contributed by atoms with E-state index in [0.29, 0.717) is 0 Å². The van der Waals surface area contributed by atoms with E-state index in [0.717, 1.165) is 49.0 Å². The maximum absolute atomic E-state index is 4.64. The summed E-state index contributed by atoms with van der Waals surface area (Å²) >= 11 is 0. The lowest BCUT2D eigenvalue weighted by Gasteiger charge is -2.11. The molecule has 0 unspecified atom stereocenters. The summed E-state index contributed by atoms with van der Waals surface area (Å²) < 4.78 is 0. The zero-order valence-electron chi connectivity index (χ0n) is 13.6. The van der Waals surface area contributed by atoms with Crippen LogP contribution in [0.3, 0.4) is 0 Å². The Hall–Kier alpha value is -2.10. The SMILES string of the molecule is CCCCNc1cc(NCCCC)nc(-c2ccccc2)n1. The molecule has 2 aromatic rings.